The molecule has 0 fully saturated rings. The van der Waals surface area contributed by atoms with Crippen molar-refractivity contribution >= 4 is 43.7 Å². The number of rotatable bonds is 10. The molecule has 2 heterocycles. The maximum Gasteiger partial charge on any atom is 2.00 e. The number of aliphatic carboxylic acids is 1. The van der Waals surface area contributed by atoms with E-state index in [2.05, 4.69) is 9.55 Å². The van der Waals surface area contributed by atoms with E-state index in [0.29, 0.717) is 13.0 Å². The van der Waals surface area contributed by atoms with Crippen LogP contribution < -0.4 is 5.11 Å². The van der Waals surface area contributed by atoms with Crippen LogP contribution in [0.25, 0.3) is 33.9 Å². The summed E-state index contributed by atoms with van der Waals surface area (Å²) < 4.78 is 2.08. The first kappa shape index (κ1) is 27.0. The Hall–Kier alpha value is -2.55. The number of aromatic nitrogens is 3. The molecule has 0 aliphatic carbocycles. The molecule has 35 heavy (non-hydrogen) atoms. The normalized spacial score (nSPS) is 12.5. The molecule has 0 aliphatic rings. The van der Waals surface area contributed by atoms with Crippen LogP contribution in [0, 0.1) is 0 Å². The van der Waals surface area contributed by atoms with Crippen molar-refractivity contribution in [2.24, 2.45) is 0 Å². The van der Waals surface area contributed by atoms with Gasteiger partial charge in [0.05, 0.1) is 23.6 Å². The molecule has 4 aromatic rings. The van der Waals surface area contributed by atoms with Crippen LogP contribution in [-0.2, 0) is 11.3 Å². The third-order valence-corrected chi connectivity index (χ3v) is 5.63. The van der Waals surface area contributed by atoms with Gasteiger partial charge in [0.15, 0.2) is 0 Å². The van der Waals surface area contributed by atoms with E-state index in [9.17, 15) is 20.1 Å². The number of aliphatic hydroxyl groups excluding tert-OH is 2. The zero-order valence-corrected chi connectivity index (χ0v) is 21.5. The topological polar surface area (TPSA) is 111 Å². The van der Waals surface area contributed by atoms with Gasteiger partial charge in [-0.05, 0) is 25.0 Å². The minimum absolute atomic E-state index is 0. The van der Waals surface area contributed by atoms with Crippen LogP contribution in [0.1, 0.15) is 19.3 Å². The number of nitrogens with zero attached hydrogens (tertiary/aromatic N) is 3. The summed E-state index contributed by atoms with van der Waals surface area (Å²) in [6.45, 7) is 0.422. The molecular weight excluding hydrogens is 470 g/mol. The first-order valence-corrected chi connectivity index (χ1v) is 11.2. The van der Waals surface area contributed by atoms with E-state index in [1.807, 2.05) is 72.8 Å². The minimum Gasteiger partial charge on any atom is -0.550 e. The third-order valence-electron chi connectivity index (χ3n) is 5.63. The van der Waals surface area contributed by atoms with E-state index in [1.54, 1.807) is 12.4 Å². The van der Waals surface area contributed by atoms with Crippen molar-refractivity contribution in [3.8, 4) is 33.9 Å². The van der Waals surface area contributed by atoms with Crippen LogP contribution in [0.5, 0.6) is 0 Å². The molecule has 0 unspecified atom stereocenters. The Balaban J connectivity index is 0.00000342. The van der Waals surface area contributed by atoms with Gasteiger partial charge in [0, 0.05) is 48.0 Å². The van der Waals surface area contributed by atoms with Crippen LogP contribution in [-0.4, -0.2) is 80.7 Å². The standard InChI is InChI=1S/C27H27N3O4.Ca/c31-22(17-23(32)18-24(33)34)13-16-30-26(20-7-3-1-4-8-20)25(19-11-14-28-15-12-19)29-27(30)21-9-5-2-6-10-21;/h1-12,14-15,22-23,31-32H,13,16-18H2,(H,33,34);/q;+2/p-1/t22-,23-;/m1./s1. The minimum atomic E-state index is -1.34. The summed E-state index contributed by atoms with van der Waals surface area (Å²) in [6, 6.07) is 23.6. The van der Waals surface area contributed by atoms with Crippen molar-refractivity contribution < 1.29 is 20.1 Å². The summed E-state index contributed by atoms with van der Waals surface area (Å²) in [5.74, 6) is -0.581. The summed E-state index contributed by atoms with van der Waals surface area (Å²) in [5.41, 5.74) is 4.56. The molecule has 2 aromatic heterocycles. The Bertz CT molecular complexity index is 1220. The molecule has 0 spiro atoms. The van der Waals surface area contributed by atoms with Gasteiger partial charge in [-0.15, -0.1) is 0 Å². The number of carboxylic acids is 1. The zero-order valence-electron chi connectivity index (χ0n) is 19.3. The molecule has 2 N–H and O–H groups in total. The molecule has 7 nitrogen and oxygen atoms in total. The molecule has 0 bridgehead atoms. The van der Waals surface area contributed by atoms with E-state index < -0.39 is 24.6 Å². The van der Waals surface area contributed by atoms with Gasteiger partial charge in [0.25, 0.3) is 0 Å². The number of benzene rings is 2. The number of hydrogen-bond donors (Lipinski definition) is 2. The van der Waals surface area contributed by atoms with Crippen molar-refractivity contribution in [2.45, 2.75) is 38.0 Å². The number of imidazole rings is 1. The van der Waals surface area contributed by atoms with Crippen molar-refractivity contribution in [3.05, 3.63) is 85.2 Å². The molecule has 2 atom stereocenters. The Morgan fingerprint density at radius 2 is 1.46 bits per heavy atom. The van der Waals surface area contributed by atoms with Crippen molar-refractivity contribution in [2.75, 3.05) is 0 Å². The molecule has 4 rings (SSSR count). The molecule has 0 saturated carbocycles. The van der Waals surface area contributed by atoms with Gasteiger partial charge in [0.1, 0.15) is 5.82 Å². The number of aliphatic hydroxyl groups is 2. The van der Waals surface area contributed by atoms with Crippen LogP contribution in [0.2, 0.25) is 0 Å². The Labute approximate surface area is 234 Å². The fourth-order valence-corrected chi connectivity index (χ4v) is 4.06. The number of carbonyl (C=O) groups excluding carboxylic acids is 1. The fraction of sp³-hybridized carbons (Fsp3) is 0.222. The summed E-state index contributed by atoms with van der Waals surface area (Å²) in [4.78, 5) is 19.9. The van der Waals surface area contributed by atoms with Gasteiger partial charge < -0.3 is 24.7 Å². The SMILES string of the molecule is O=C([O-])C[C@H](O)C[C@H](O)CCn1c(-c2ccccc2)nc(-c2ccncc2)c1-c1ccccc1.[Ca+2]. The monoisotopic (exact) mass is 496 g/mol. The van der Waals surface area contributed by atoms with Crippen LogP contribution in [0.15, 0.2) is 85.2 Å². The van der Waals surface area contributed by atoms with Crippen molar-refractivity contribution in [1.82, 2.24) is 14.5 Å². The van der Waals surface area contributed by atoms with Crippen molar-refractivity contribution in [1.29, 1.82) is 0 Å². The molecule has 0 radical (unpaired) electrons. The van der Waals surface area contributed by atoms with Gasteiger partial charge >= 0.3 is 37.7 Å². The van der Waals surface area contributed by atoms with Gasteiger partial charge in [-0.3, -0.25) is 4.98 Å². The zero-order chi connectivity index (χ0) is 23.9. The maximum absolute atomic E-state index is 10.7. The quantitative estimate of drug-likeness (QED) is 0.327. The van der Waals surface area contributed by atoms with Gasteiger partial charge in [-0.25, -0.2) is 4.98 Å². The number of hydrogen-bond acceptors (Lipinski definition) is 6. The predicted molar refractivity (Wildman–Crippen MR) is 133 cm³/mol. The summed E-state index contributed by atoms with van der Waals surface area (Å²) in [6.07, 6.45) is 1.20. The second-order valence-corrected chi connectivity index (χ2v) is 8.16. The van der Waals surface area contributed by atoms with Crippen LogP contribution in [0.3, 0.4) is 0 Å². The maximum atomic E-state index is 10.7. The predicted octanol–water partition coefficient (Wildman–Crippen LogP) is 2.54. The van der Waals surface area contributed by atoms with Gasteiger partial charge in [-0.2, -0.15) is 0 Å². The molecule has 0 amide bonds. The average molecular weight is 497 g/mol. The van der Waals surface area contributed by atoms with E-state index in [-0.39, 0.29) is 44.2 Å². The van der Waals surface area contributed by atoms with E-state index in [4.69, 9.17) is 4.98 Å². The summed E-state index contributed by atoms with van der Waals surface area (Å²) >= 11 is 0. The Morgan fingerprint density at radius 3 is 2.06 bits per heavy atom. The van der Waals surface area contributed by atoms with Crippen molar-refractivity contribution in [3.63, 3.8) is 0 Å². The van der Waals surface area contributed by atoms with Crippen LogP contribution >= 0.6 is 0 Å². The smallest absolute Gasteiger partial charge is 0.550 e. The van der Waals surface area contributed by atoms with Gasteiger partial charge in [-0.1, -0.05) is 60.7 Å². The van der Waals surface area contributed by atoms with Crippen LogP contribution in [0.4, 0.5) is 0 Å². The number of carboxylic acid groups (broad SMARTS) is 1. The second kappa shape index (κ2) is 13.0. The largest absolute Gasteiger partial charge is 2.00 e. The average Bonchev–Trinajstić information content (AvgIpc) is 3.23. The first-order valence-electron chi connectivity index (χ1n) is 11.2. The molecule has 174 valence electrons. The number of carbonyl (C=O) groups is 1. The van der Waals surface area contributed by atoms with E-state index >= 15 is 0 Å². The second-order valence-electron chi connectivity index (χ2n) is 8.16. The number of pyridine rings is 1. The molecule has 2 aromatic carbocycles. The fourth-order valence-electron chi connectivity index (χ4n) is 4.06. The Kier molecular flexibility index (Phi) is 10.0. The third kappa shape index (κ3) is 6.99. The molecule has 0 aliphatic heterocycles. The van der Waals surface area contributed by atoms with E-state index in [1.165, 1.54) is 0 Å². The van der Waals surface area contributed by atoms with Gasteiger partial charge in [0.2, 0.25) is 0 Å². The first-order chi connectivity index (χ1) is 16.5. The summed E-state index contributed by atoms with van der Waals surface area (Å²) in [7, 11) is 0. The molecule has 8 heteroatoms. The Morgan fingerprint density at radius 1 is 0.857 bits per heavy atom. The van der Waals surface area contributed by atoms with E-state index in [0.717, 1.165) is 33.9 Å². The molecule has 0 saturated heterocycles. The summed E-state index contributed by atoms with van der Waals surface area (Å²) in [5, 5.41) is 31.2. The molecular formula is C27H26CaN3O4+.